The smallest absolute Gasteiger partial charge is 0.220 e. The van der Waals surface area contributed by atoms with E-state index in [-0.39, 0.29) is 11.4 Å². The van der Waals surface area contributed by atoms with Gasteiger partial charge in [0.1, 0.15) is 5.75 Å². The lowest BCUT2D eigenvalue weighted by Gasteiger charge is -2.36. The van der Waals surface area contributed by atoms with Crippen molar-refractivity contribution in [3.63, 3.8) is 0 Å². The van der Waals surface area contributed by atoms with Crippen LogP contribution in [-0.2, 0) is 4.79 Å². The van der Waals surface area contributed by atoms with Crippen molar-refractivity contribution in [2.75, 3.05) is 20.2 Å². The first-order valence-electron chi connectivity index (χ1n) is 10.4. The van der Waals surface area contributed by atoms with Crippen molar-refractivity contribution >= 4 is 5.91 Å². The van der Waals surface area contributed by atoms with Gasteiger partial charge in [-0.1, -0.05) is 43.9 Å². The molecule has 2 heterocycles. The fourth-order valence-electron chi connectivity index (χ4n) is 5.53. The van der Waals surface area contributed by atoms with E-state index in [2.05, 4.69) is 28.4 Å². The van der Waals surface area contributed by atoms with E-state index in [9.17, 15) is 4.79 Å². The number of benzene rings is 1. The lowest BCUT2D eigenvalue weighted by Crippen LogP contribution is -2.53. The van der Waals surface area contributed by atoms with Crippen LogP contribution in [0.3, 0.4) is 0 Å². The van der Waals surface area contributed by atoms with Gasteiger partial charge in [0.15, 0.2) is 0 Å². The van der Waals surface area contributed by atoms with Crippen molar-refractivity contribution in [3.05, 3.63) is 29.8 Å². The second-order valence-corrected chi connectivity index (χ2v) is 8.43. The molecule has 1 N–H and O–H groups in total. The average molecular weight is 357 g/mol. The van der Waals surface area contributed by atoms with Gasteiger partial charge >= 0.3 is 0 Å². The molecule has 0 aromatic heterocycles. The van der Waals surface area contributed by atoms with E-state index >= 15 is 0 Å². The zero-order valence-corrected chi connectivity index (χ0v) is 16.0. The lowest BCUT2D eigenvalue weighted by molar-refractivity contribution is -0.122. The van der Waals surface area contributed by atoms with Crippen LogP contribution >= 0.6 is 0 Å². The molecule has 1 saturated carbocycles. The molecule has 142 valence electrons. The molecule has 3 aliphatic rings. The summed E-state index contributed by atoms with van der Waals surface area (Å²) >= 11 is 0. The van der Waals surface area contributed by atoms with E-state index in [1.807, 2.05) is 6.07 Å². The Bertz CT molecular complexity index is 641. The Labute approximate surface area is 157 Å². The molecular formula is C22H32N2O2. The average Bonchev–Trinajstić information content (AvgIpc) is 2.93. The first-order chi connectivity index (χ1) is 12.7. The molecule has 0 bridgehead atoms. The molecule has 1 amide bonds. The zero-order chi connectivity index (χ0) is 18.0. The predicted molar refractivity (Wildman–Crippen MR) is 104 cm³/mol. The van der Waals surface area contributed by atoms with Crippen LogP contribution in [0.25, 0.3) is 0 Å². The summed E-state index contributed by atoms with van der Waals surface area (Å²) in [6, 6.07) is 9.08. The highest BCUT2D eigenvalue weighted by atomic mass is 16.5. The topological polar surface area (TPSA) is 41.6 Å². The van der Waals surface area contributed by atoms with E-state index < -0.39 is 0 Å². The molecule has 1 aliphatic carbocycles. The molecular weight excluding hydrogens is 324 g/mol. The third-order valence-corrected chi connectivity index (χ3v) is 6.84. The van der Waals surface area contributed by atoms with Crippen molar-refractivity contribution in [3.8, 4) is 5.75 Å². The van der Waals surface area contributed by atoms with Crippen LogP contribution in [0.5, 0.6) is 5.75 Å². The van der Waals surface area contributed by atoms with E-state index in [0.29, 0.717) is 18.4 Å². The van der Waals surface area contributed by atoms with Crippen LogP contribution in [0.2, 0.25) is 0 Å². The first-order valence-corrected chi connectivity index (χ1v) is 10.4. The number of hydrogen-bond acceptors (Lipinski definition) is 3. The molecule has 3 fully saturated rings. The van der Waals surface area contributed by atoms with Gasteiger partial charge in [0.25, 0.3) is 0 Å². The normalized spacial score (nSPS) is 31.0. The molecule has 2 atom stereocenters. The van der Waals surface area contributed by atoms with E-state index in [0.717, 1.165) is 38.1 Å². The van der Waals surface area contributed by atoms with Crippen molar-refractivity contribution in [2.45, 2.75) is 75.3 Å². The Balaban J connectivity index is 1.68. The Morgan fingerprint density at radius 1 is 1.12 bits per heavy atom. The predicted octanol–water partition coefficient (Wildman–Crippen LogP) is 3.86. The lowest BCUT2D eigenvalue weighted by atomic mass is 9.78. The van der Waals surface area contributed by atoms with E-state index in [1.165, 1.54) is 37.7 Å². The number of nitrogens with one attached hydrogen (secondary N) is 1. The summed E-state index contributed by atoms with van der Waals surface area (Å²) in [6.45, 7) is 2.03. The summed E-state index contributed by atoms with van der Waals surface area (Å²) in [6.07, 6.45) is 10.6. The number of amides is 1. The maximum Gasteiger partial charge on any atom is 0.220 e. The molecule has 0 radical (unpaired) electrons. The van der Waals surface area contributed by atoms with E-state index in [4.69, 9.17) is 4.74 Å². The maximum atomic E-state index is 12.5. The highest BCUT2D eigenvalue weighted by Gasteiger charge is 2.50. The molecule has 1 aromatic rings. The molecule has 0 unspecified atom stereocenters. The van der Waals surface area contributed by atoms with Crippen LogP contribution in [-0.4, -0.2) is 42.6 Å². The minimum Gasteiger partial charge on any atom is -0.496 e. The van der Waals surface area contributed by atoms with Crippen LogP contribution in [0.15, 0.2) is 24.3 Å². The van der Waals surface area contributed by atoms with Gasteiger partial charge in [-0.3, -0.25) is 9.69 Å². The van der Waals surface area contributed by atoms with Crippen molar-refractivity contribution in [2.24, 2.45) is 0 Å². The highest BCUT2D eigenvalue weighted by molar-refractivity contribution is 5.77. The van der Waals surface area contributed by atoms with Crippen molar-refractivity contribution in [1.82, 2.24) is 10.2 Å². The van der Waals surface area contributed by atoms with Crippen LogP contribution < -0.4 is 10.1 Å². The zero-order valence-electron chi connectivity index (χ0n) is 16.0. The summed E-state index contributed by atoms with van der Waals surface area (Å²) in [4.78, 5) is 15.2. The van der Waals surface area contributed by atoms with Gasteiger partial charge in [-0.2, -0.15) is 0 Å². The summed E-state index contributed by atoms with van der Waals surface area (Å²) in [5.74, 6) is 1.50. The van der Waals surface area contributed by atoms with Gasteiger partial charge in [-0.15, -0.1) is 0 Å². The minimum atomic E-state index is -0.139. The summed E-state index contributed by atoms with van der Waals surface area (Å²) < 4.78 is 5.70. The molecule has 2 saturated heterocycles. The maximum absolute atomic E-state index is 12.5. The quantitative estimate of drug-likeness (QED) is 0.894. The van der Waals surface area contributed by atoms with Crippen LogP contribution in [0, 0.1) is 0 Å². The third kappa shape index (κ3) is 3.36. The highest BCUT2D eigenvalue weighted by Crippen LogP contribution is 2.45. The van der Waals surface area contributed by atoms with Crippen LogP contribution in [0.1, 0.15) is 69.3 Å². The fourth-order valence-corrected chi connectivity index (χ4v) is 5.53. The standard InChI is InChI=1S/C22H32N2O2/c1-26-20-12-6-5-11-18(20)19-15-24(17-9-3-2-4-10-17)16-22(19)14-8-7-13-21(25)23-22/h5-6,11-12,17,19H,2-4,7-10,13-16H2,1H3,(H,23,25)/t19-,22+/m0/s1. The van der Waals surface area contributed by atoms with Crippen molar-refractivity contribution in [1.29, 1.82) is 0 Å². The summed E-state index contributed by atoms with van der Waals surface area (Å²) in [7, 11) is 1.75. The van der Waals surface area contributed by atoms with Crippen molar-refractivity contribution < 1.29 is 9.53 Å². The number of likely N-dealkylation sites (tertiary alicyclic amines) is 1. The minimum absolute atomic E-state index is 0.139. The first kappa shape index (κ1) is 17.8. The SMILES string of the molecule is COc1ccccc1[C@@H]1CN(C2CCCCC2)C[C@]12CCCCC(=O)N2. The number of hydrogen-bond donors (Lipinski definition) is 1. The van der Waals surface area contributed by atoms with Gasteiger partial charge in [0.2, 0.25) is 5.91 Å². The molecule has 1 spiro atoms. The number of rotatable bonds is 3. The van der Waals surface area contributed by atoms with Gasteiger partial charge in [0.05, 0.1) is 12.6 Å². The number of ether oxygens (including phenoxy) is 1. The van der Waals surface area contributed by atoms with Gasteiger partial charge in [-0.25, -0.2) is 0 Å². The number of carbonyl (C=O) groups is 1. The third-order valence-electron chi connectivity index (χ3n) is 6.84. The monoisotopic (exact) mass is 356 g/mol. The number of para-hydroxylation sites is 1. The van der Waals surface area contributed by atoms with Crippen LogP contribution in [0.4, 0.5) is 0 Å². The molecule has 2 aliphatic heterocycles. The molecule has 1 aromatic carbocycles. The summed E-state index contributed by atoms with van der Waals surface area (Å²) in [5.41, 5.74) is 1.12. The second kappa shape index (κ2) is 7.59. The Kier molecular flexibility index (Phi) is 5.21. The van der Waals surface area contributed by atoms with Gasteiger partial charge in [-0.05, 0) is 31.7 Å². The largest absolute Gasteiger partial charge is 0.496 e. The molecule has 4 nitrogen and oxygen atoms in total. The second-order valence-electron chi connectivity index (χ2n) is 8.43. The molecule has 4 heteroatoms. The number of nitrogens with zero attached hydrogens (tertiary/aromatic N) is 1. The molecule has 4 rings (SSSR count). The van der Waals surface area contributed by atoms with E-state index in [1.54, 1.807) is 7.11 Å². The Hall–Kier alpha value is -1.55. The summed E-state index contributed by atoms with van der Waals surface area (Å²) in [5, 5.41) is 3.49. The Morgan fingerprint density at radius 3 is 2.73 bits per heavy atom. The Morgan fingerprint density at radius 2 is 1.92 bits per heavy atom. The molecule has 26 heavy (non-hydrogen) atoms. The fraction of sp³-hybridized carbons (Fsp3) is 0.682. The number of carbonyl (C=O) groups excluding carboxylic acids is 1. The van der Waals surface area contributed by atoms with Gasteiger partial charge in [0, 0.05) is 37.0 Å². The number of methoxy groups -OCH3 is 1. The van der Waals surface area contributed by atoms with Gasteiger partial charge < -0.3 is 10.1 Å².